The third-order valence-corrected chi connectivity index (χ3v) is 16.7. The summed E-state index contributed by atoms with van der Waals surface area (Å²) in [7, 11) is -10.8. The van der Waals surface area contributed by atoms with Crippen molar-refractivity contribution in [2.75, 3.05) is 26.2 Å². The summed E-state index contributed by atoms with van der Waals surface area (Å²) < 4.78 is 65.0. The van der Waals surface area contributed by atoms with Crippen LogP contribution in [-0.2, 0) is 13.7 Å². The van der Waals surface area contributed by atoms with Gasteiger partial charge in [0.25, 0.3) is 0 Å². The second kappa shape index (κ2) is 13.6. The van der Waals surface area contributed by atoms with Crippen LogP contribution in [0.3, 0.4) is 0 Å². The molecule has 53 heavy (non-hydrogen) atoms. The number of rotatable bonds is 10. The zero-order chi connectivity index (χ0) is 36.0. The van der Waals surface area contributed by atoms with Gasteiger partial charge in [-0.3, -0.25) is 13.7 Å². The van der Waals surface area contributed by atoms with Crippen LogP contribution in [0.1, 0.15) is 6.42 Å². The van der Waals surface area contributed by atoms with E-state index in [2.05, 4.69) is 10.2 Å². The van der Waals surface area contributed by atoms with Crippen molar-refractivity contribution in [1.82, 2.24) is 14.8 Å². The lowest BCUT2D eigenvalue weighted by Gasteiger charge is -2.36. The van der Waals surface area contributed by atoms with Crippen LogP contribution >= 0.6 is 22.6 Å². The Kier molecular flexibility index (Phi) is 8.75. The largest absolute Gasteiger partial charge is 0.429 e. The molecule has 3 unspecified atom stereocenters. The van der Waals surface area contributed by atoms with Gasteiger partial charge in [-0.15, -0.1) is 0 Å². The molecule has 0 saturated carbocycles. The normalized spacial score (nSPS) is 21.7. The van der Waals surface area contributed by atoms with E-state index in [1.807, 2.05) is 150 Å². The number of hydrogen-bond acceptors (Lipinski definition) is 6. The summed E-state index contributed by atoms with van der Waals surface area (Å²) >= 11 is 0. The quantitative estimate of drug-likeness (QED) is 0.105. The second-order valence-electron chi connectivity index (χ2n) is 13.1. The van der Waals surface area contributed by atoms with Gasteiger partial charge in [-0.1, -0.05) is 109 Å². The molecule has 9 nitrogen and oxygen atoms in total. The summed E-state index contributed by atoms with van der Waals surface area (Å²) in [6.07, 6.45) is 0.457. The summed E-state index contributed by atoms with van der Waals surface area (Å²) in [6.45, 7) is 1.02. The first-order valence-electron chi connectivity index (χ1n) is 17.6. The summed E-state index contributed by atoms with van der Waals surface area (Å²) in [6, 6.07) is 45.5. The summed E-state index contributed by atoms with van der Waals surface area (Å²) in [5, 5.41) is 8.27. The molecule has 0 spiro atoms. The maximum Gasteiger partial charge on any atom is 0.350 e. The average molecular weight is 760 g/mol. The van der Waals surface area contributed by atoms with E-state index in [4.69, 9.17) is 13.6 Å². The minimum absolute atomic E-state index is 0.185. The van der Waals surface area contributed by atoms with E-state index in [0.717, 1.165) is 33.4 Å². The fraction of sp³-hybridized carbons (Fsp3) is 0.122. The summed E-state index contributed by atoms with van der Waals surface area (Å²) in [5.41, 5.74) is 5.22. The number of fused-ring (bicyclic) bond motifs is 9. The highest BCUT2D eigenvalue weighted by Gasteiger charge is 2.43. The van der Waals surface area contributed by atoms with E-state index in [9.17, 15) is 9.13 Å². The zero-order valence-electron chi connectivity index (χ0n) is 28.6. The Morgan fingerprint density at radius 2 is 0.792 bits per heavy atom. The van der Waals surface area contributed by atoms with Crippen molar-refractivity contribution in [3.63, 3.8) is 0 Å². The molecule has 0 aromatic heterocycles. The van der Waals surface area contributed by atoms with E-state index in [-0.39, 0.29) is 13.1 Å². The average Bonchev–Trinajstić information content (AvgIpc) is 3.19. The predicted octanol–water partition coefficient (Wildman–Crippen LogP) is 8.59. The highest BCUT2D eigenvalue weighted by atomic mass is 31.2. The predicted molar refractivity (Wildman–Crippen MR) is 211 cm³/mol. The van der Waals surface area contributed by atoms with E-state index in [1.165, 1.54) is 0 Å². The lowest BCUT2D eigenvalue weighted by atomic mass is 10.0. The molecule has 0 fully saturated rings. The van der Waals surface area contributed by atoms with Gasteiger partial charge in [0.1, 0.15) is 17.2 Å². The minimum atomic E-state index is -3.71. The van der Waals surface area contributed by atoms with Crippen molar-refractivity contribution in [1.29, 1.82) is 0 Å². The van der Waals surface area contributed by atoms with E-state index in [0.29, 0.717) is 52.7 Å². The van der Waals surface area contributed by atoms with Gasteiger partial charge in [-0.05, 0) is 42.8 Å². The maximum atomic E-state index is 15.4. The molecule has 0 radical (unpaired) electrons. The smallest absolute Gasteiger partial charge is 0.350 e. The number of nitrogens with one attached hydrogen (secondary N) is 2. The number of nitrogens with zero attached hydrogens (tertiary/aromatic N) is 1. The number of para-hydroxylation sites is 3. The first-order valence-corrected chi connectivity index (χ1v) is 22.4. The SMILES string of the molecule is O=P1(NCCCN(CCNP2(=O)Oc3ccccc3-c3ccccc32)P2(=O)Oc3ccccc3-c3ccccc32)Oc2ccccc2-c2ccccc21. The Bertz CT molecular complexity index is 2530. The summed E-state index contributed by atoms with van der Waals surface area (Å²) in [5.74, 6) is 1.65. The van der Waals surface area contributed by atoms with Crippen LogP contribution in [0.4, 0.5) is 0 Å². The Morgan fingerprint density at radius 3 is 1.30 bits per heavy atom. The van der Waals surface area contributed by atoms with Crippen LogP contribution in [0, 0.1) is 0 Å². The number of benzene rings is 6. The molecule has 0 saturated heterocycles. The standard InChI is InChI=1S/C41H36N3O6P3/c45-51(39-23-10-4-17-33(39)30-14-1-7-20-36(30)48-51)42-26-13-28-44(53(47)41-25-12-6-19-35(41)32-16-3-9-22-38(32)50-53)29-27-43-52(46)40-24-11-5-18-34(40)31-15-2-8-21-37(31)49-52/h1-12,14-25H,13,26-29H2,(H,42,45)(H,43,46). The molecular formula is C41H36N3O6P3. The van der Waals surface area contributed by atoms with Crippen LogP contribution in [0.25, 0.3) is 33.4 Å². The van der Waals surface area contributed by atoms with Crippen molar-refractivity contribution >= 4 is 38.5 Å². The van der Waals surface area contributed by atoms with Crippen LogP contribution in [0.2, 0.25) is 0 Å². The highest BCUT2D eigenvalue weighted by Crippen LogP contribution is 2.58. The fourth-order valence-corrected chi connectivity index (χ4v) is 13.8. The van der Waals surface area contributed by atoms with Crippen LogP contribution in [0.15, 0.2) is 146 Å². The number of hydrogen-bond donors (Lipinski definition) is 2. The molecule has 6 aromatic rings. The fourth-order valence-electron chi connectivity index (χ4n) is 7.36. The van der Waals surface area contributed by atoms with E-state index < -0.39 is 22.6 Å². The van der Waals surface area contributed by atoms with E-state index >= 15 is 4.57 Å². The molecular weight excluding hydrogens is 723 g/mol. The molecule has 3 heterocycles. The molecule has 0 bridgehead atoms. The molecule has 6 aromatic carbocycles. The van der Waals surface area contributed by atoms with Crippen LogP contribution in [0.5, 0.6) is 17.2 Å². The Labute approximate surface area is 308 Å². The zero-order valence-corrected chi connectivity index (χ0v) is 31.3. The van der Waals surface area contributed by atoms with Crippen molar-refractivity contribution in [2.45, 2.75) is 6.42 Å². The van der Waals surface area contributed by atoms with Gasteiger partial charge in [-0.25, -0.2) is 14.8 Å². The Balaban J connectivity index is 0.988. The molecule has 3 atom stereocenters. The Hall–Kier alpha value is -4.71. The molecule has 266 valence electrons. The third kappa shape index (κ3) is 5.99. The third-order valence-electron chi connectivity index (χ3n) is 9.83. The van der Waals surface area contributed by atoms with Crippen molar-refractivity contribution < 1.29 is 27.3 Å². The van der Waals surface area contributed by atoms with Crippen molar-refractivity contribution in [3.05, 3.63) is 146 Å². The van der Waals surface area contributed by atoms with Gasteiger partial charge in [0.2, 0.25) is 0 Å². The monoisotopic (exact) mass is 759 g/mol. The minimum Gasteiger partial charge on any atom is -0.429 e. The Morgan fingerprint density at radius 1 is 0.415 bits per heavy atom. The molecule has 9 rings (SSSR count). The van der Waals surface area contributed by atoms with Gasteiger partial charge >= 0.3 is 22.6 Å². The summed E-state index contributed by atoms with van der Waals surface area (Å²) in [4.78, 5) is 0. The molecule has 0 amide bonds. The van der Waals surface area contributed by atoms with Gasteiger partial charge in [0, 0.05) is 59.6 Å². The lowest BCUT2D eigenvalue weighted by molar-refractivity contribution is 0.354. The van der Waals surface area contributed by atoms with Gasteiger partial charge in [0.15, 0.2) is 0 Å². The first-order chi connectivity index (χ1) is 25.9. The van der Waals surface area contributed by atoms with Crippen molar-refractivity contribution in [2.24, 2.45) is 0 Å². The first kappa shape index (κ1) is 34.1. The highest BCUT2D eigenvalue weighted by molar-refractivity contribution is 7.66. The van der Waals surface area contributed by atoms with Crippen LogP contribution < -0.4 is 39.7 Å². The second-order valence-corrected chi connectivity index (χ2v) is 19.5. The van der Waals surface area contributed by atoms with Crippen LogP contribution in [-0.4, -0.2) is 30.8 Å². The molecule has 3 aliphatic heterocycles. The molecule has 3 aliphatic rings. The maximum absolute atomic E-state index is 15.4. The molecule has 12 heteroatoms. The van der Waals surface area contributed by atoms with Gasteiger partial charge in [0.05, 0.1) is 15.9 Å². The van der Waals surface area contributed by atoms with Crippen molar-refractivity contribution in [3.8, 4) is 50.6 Å². The topological polar surface area (TPSA) is 106 Å². The lowest BCUT2D eigenvalue weighted by Crippen LogP contribution is -2.39. The van der Waals surface area contributed by atoms with Gasteiger partial charge < -0.3 is 13.6 Å². The molecule has 2 N–H and O–H groups in total. The van der Waals surface area contributed by atoms with Gasteiger partial charge in [-0.2, -0.15) is 0 Å². The van der Waals surface area contributed by atoms with E-state index in [1.54, 1.807) is 0 Å². The molecule has 0 aliphatic carbocycles.